The van der Waals surface area contributed by atoms with Crippen molar-refractivity contribution in [1.82, 2.24) is 19.5 Å². The van der Waals surface area contributed by atoms with Crippen LogP contribution in [0.15, 0.2) is 79.4 Å². The first kappa shape index (κ1) is 21.3. The maximum absolute atomic E-state index is 12.3. The normalized spacial score (nSPS) is 11.2. The molecule has 0 aliphatic rings. The predicted octanol–water partition coefficient (Wildman–Crippen LogP) is 3.58. The van der Waals surface area contributed by atoms with Crippen LogP contribution in [0.4, 0.5) is 5.69 Å². The topological polar surface area (TPSA) is 108 Å². The summed E-state index contributed by atoms with van der Waals surface area (Å²) in [4.78, 5) is 12.5. The lowest BCUT2D eigenvalue weighted by Crippen LogP contribution is -2.21. The van der Waals surface area contributed by atoms with Crippen LogP contribution in [0.2, 0.25) is 0 Å². The third-order valence-corrected chi connectivity index (χ3v) is 5.67. The summed E-state index contributed by atoms with van der Waals surface area (Å²) in [5, 5.41) is 0. The molecule has 0 saturated carbocycles. The highest BCUT2D eigenvalue weighted by Crippen LogP contribution is 2.23. The van der Waals surface area contributed by atoms with Gasteiger partial charge in [0.25, 0.3) is 0 Å². The molecule has 0 bridgehead atoms. The third-order valence-electron chi connectivity index (χ3n) is 4.41. The number of nitrogens with zero attached hydrogens (tertiary/aromatic N) is 4. The molecule has 0 aliphatic heterocycles. The highest BCUT2D eigenvalue weighted by Gasteiger charge is 2.11. The lowest BCUT2D eigenvalue weighted by molar-refractivity contribution is 0.341. The largest absolute Gasteiger partial charge is 0.492 e. The zero-order valence-corrected chi connectivity index (χ0v) is 18.1. The Labute approximate surface area is 185 Å². The van der Waals surface area contributed by atoms with Crippen LogP contribution in [0.5, 0.6) is 17.4 Å². The lowest BCUT2D eigenvalue weighted by atomic mass is 10.3. The first-order valence-electron chi connectivity index (χ1n) is 9.77. The van der Waals surface area contributed by atoms with Crippen molar-refractivity contribution in [2.45, 2.75) is 6.92 Å². The lowest BCUT2D eigenvalue weighted by Gasteiger charge is -2.11. The standard InChI is InChI=1S/C22H21N5O4S/c1-17-23-11-12-27(17)21-15-22(25-16-24-21)31-20-9-7-18(8-10-20)26-32(28,29)14-13-30-19-5-3-2-4-6-19/h2-12,15-16,26H,13-14H2,1H3. The van der Waals surface area contributed by atoms with E-state index in [1.807, 2.05) is 29.7 Å². The van der Waals surface area contributed by atoms with Crippen molar-refractivity contribution in [3.05, 3.63) is 85.2 Å². The molecule has 0 amide bonds. The van der Waals surface area contributed by atoms with E-state index in [0.717, 1.165) is 5.82 Å². The Kier molecular flexibility index (Phi) is 6.31. The Bertz CT molecular complexity index is 1280. The van der Waals surface area contributed by atoms with E-state index < -0.39 is 10.0 Å². The number of nitrogens with one attached hydrogen (secondary N) is 1. The third kappa shape index (κ3) is 5.61. The van der Waals surface area contributed by atoms with E-state index in [-0.39, 0.29) is 12.4 Å². The minimum atomic E-state index is -3.56. The average Bonchev–Trinajstić information content (AvgIpc) is 3.22. The van der Waals surface area contributed by atoms with E-state index in [9.17, 15) is 8.42 Å². The molecular weight excluding hydrogens is 430 g/mol. The molecule has 0 fully saturated rings. The quantitative estimate of drug-likeness (QED) is 0.414. The molecule has 4 aromatic rings. The van der Waals surface area contributed by atoms with E-state index in [2.05, 4.69) is 19.7 Å². The van der Waals surface area contributed by atoms with Crippen molar-refractivity contribution in [3.63, 3.8) is 0 Å². The molecule has 32 heavy (non-hydrogen) atoms. The number of aromatic nitrogens is 4. The second kappa shape index (κ2) is 9.48. The van der Waals surface area contributed by atoms with Crippen LogP contribution >= 0.6 is 0 Å². The van der Waals surface area contributed by atoms with Crippen molar-refractivity contribution in [2.75, 3.05) is 17.1 Å². The minimum absolute atomic E-state index is 0.0486. The van der Waals surface area contributed by atoms with Gasteiger partial charge in [-0.2, -0.15) is 0 Å². The van der Waals surface area contributed by atoms with Crippen LogP contribution in [-0.4, -0.2) is 40.3 Å². The van der Waals surface area contributed by atoms with Gasteiger partial charge >= 0.3 is 0 Å². The molecule has 1 N–H and O–H groups in total. The highest BCUT2D eigenvalue weighted by atomic mass is 32.2. The van der Waals surface area contributed by atoms with Gasteiger partial charge in [-0.25, -0.2) is 23.4 Å². The van der Waals surface area contributed by atoms with Gasteiger partial charge in [0, 0.05) is 24.1 Å². The number of hydrogen-bond acceptors (Lipinski definition) is 7. The fourth-order valence-electron chi connectivity index (χ4n) is 2.87. The summed E-state index contributed by atoms with van der Waals surface area (Å²) >= 11 is 0. The van der Waals surface area contributed by atoms with E-state index in [1.165, 1.54) is 6.33 Å². The Hall–Kier alpha value is -3.92. The molecule has 0 spiro atoms. The number of benzene rings is 2. The average molecular weight is 452 g/mol. The van der Waals surface area contributed by atoms with Crippen molar-refractivity contribution in [2.24, 2.45) is 0 Å². The number of para-hydroxylation sites is 1. The number of ether oxygens (including phenoxy) is 2. The fourth-order valence-corrected chi connectivity index (χ4v) is 3.77. The summed E-state index contributed by atoms with van der Waals surface area (Å²) in [6, 6.07) is 17.3. The summed E-state index contributed by atoms with van der Waals surface area (Å²) in [6.45, 7) is 1.92. The molecule has 0 unspecified atom stereocenters. The second-order valence-corrected chi connectivity index (χ2v) is 8.61. The monoisotopic (exact) mass is 451 g/mol. The Morgan fingerprint density at radius 2 is 1.75 bits per heavy atom. The number of sulfonamides is 1. The SMILES string of the molecule is Cc1nccn1-c1cc(Oc2ccc(NS(=O)(=O)CCOc3ccccc3)cc2)ncn1. The zero-order valence-electron chi connectivity index (χ0n) is 17.2. The van der Waals surface area contributed by atoms with Crippen LogP contribution in [0.25, 0.3) is 5.82 Å². The van der Waals surface area contributed by atoms with Crippen LogP contribution in [-0.2, 0) is 10.0 Å². The molecule has 10 heteroatoms. The molecule has 164 valence electrons. The molecule has 2 heterocycles. The number of hydrogen-bond donors (Lipinski definition) is 1. The van der Waals surface area contributed by atoms with Gasteiger partial charge in [0.2, 0.25) is 15.9 Å². The number of anilines is 1. The fraction of sp³-hybridized carbons (Fsp3) is 0.136. The van der Waals surface area contributed by atoms with Gasteiger partial charge in [-0.15, -0.1) is 0 Å². The summed E-state index contributed by atoms with van der Waals surface area (Å²) in [5.74, 6) is 2.74. The van der Waals surface area contributed by atoms with Gasteiger partial charge in [-0.05, 0) is 43.3 Å². The smallest absolute Gasteiger partial charge is 0.236 e. The Morgan fingerprint density at radius 1 is 0.969 bits per heavy atom. The van der Waals surface area contributed by atoms with Crippen LogP contribution < -0.4 is 14.2 Å². The van der Waals surface area contributed by atoms with Gasteiger partial charge < -0.3 is 9.47 Å². The Balaban J connectivity index is 1.34. The molecule has 0 aliphatic carbocycles. The molecule has 0 radical (unpaired) electrons. The van der Waals surface area contributed by atoms with Crippen molar-refractivity contribution in [1.29, 1.82) is 0 Å². The second-order valence-electron chi connectivity index (χ2n) is 6.77. The summed E-state index contributed by atoms with van der Waals surface area (Å²) in [7, 11) is -3.56. The molecule has 2 aromatic heterocycles. The van der Waals surface area contributed by atoms with E-state index in [0.29, 0.717) is 28.9 Å². The summed E-state index contributed by atoms with van der Waals surface area (Å²) in [6.07, 6.45) is 4.89. The first-order chi connectivity index (χ1) is 15.5. The maximum Gasteiger partial charge on any atom is 0.236 e. The highest BCUT2D eigenvalue weighted by molar-refractivity contribution is 7.92. The van der Waals surface area contributed by atoms with E-state index >= 15 is 0 Å². The minimum Gasteiger partial charge on any atom is -0.492 e. The van der Waals surface area contributed by atoms with E-state index in [4.69, 9.17) is 9.47 Å². The van der Waals surface area contributed by atoms with Gasteiger partial charge in [-0.3, -0.25) is 9.29 Å². The van der Waals surface area contributed by atoms with Crippen molar-refractivity contribution in [3.8, 4) is 23.2 Å². The Morgan fingerprint density at radius 3 is 2.47 bits per heavy atom. The van der Waals surface area contributed by atoms with Crippen LogP contribution in [0.1, 0.15) is 5.82 Å². The number of rotatable bonds is 9. The molecule has 2 aromatic carbocycles. The molecule has 9 nitrogen and oxygen atoms in total. The summed E-state index contributed by atoms with van der Waals surface area (Å²) < 4.78 is 40.2. The van der Waals surface area contributed by atoms with Gasteiger partial charge in [-0.1, -0.05) is 18.2 Å². The van der Waals surface area contributed by atoms with Gasteiger partial charge in [0.1, 0.15) is 41.8 Å². The van der Waals surface area contributed by atoms with Crippen molar-refractivity contribution < 1.29 is 17.9 Å². The summed E-state index contributed by atoms with van der Waals surface area (Å²) in [5.41, 5.74) is 0.425. The van der Waals surface area contributed by atoms with Gasteiger partial charge in [0.05, 0.1) is 0 Å². The number of imidazole rings is 1. The van der Waals surface area contributed by atoms with Crippen LogP contribution in [0, 0.1) is 6.92 Å². The van der Waals surface area contributed by atoms with Crippen molar-refractivity contribution >= 4 is 15.7 Å². The molecular formula is C22H21N5O4S. The van der Waals surface area contributed by atoms with Crippen LogP contribution in [0.3, 0.4) is 0 Å². The number of aryl methyl sites for hydroxylation is 1. The molecule has 4 rings (SSSR count). The first-order valence-corrected chi connectivity index (χ1v) is 11.4. The van der Waals surface area contributed by atoms with Gasteiger partial charge in [0.15, 0.2) is 0 Å². The van der Waals surface area contributed by atoms with E-state index in [1.54, 1.807) is 54.9 Å². The zero-order chi connectivity index (χ0) is 22.4. The molecule has 0 atom stereocenters. The predicted molar refractivity (Wildman–Crippen MR) is 120 cm³/mol. The maximum atomic E-state index is 12.3. The molecule has 0 saturated heterocycles.